The molecule has 1 aromatic heterocycles. The Balaban J connectivity index is 2.11. The lowest BCUT2D eigenvalue weighted by atomic mass is 10.1. The van der Waals surface area contributed by atoms with Crippen LogP contribution in [0, 0.1) is 5.82 Å². The number of hydrogen-bond acceptors (Lipinski definition) is 2. The molecule has 5 heteroatoms. The van der Waals surface area contributed by atoms with Gasteiger partial charge in [-0.05, 0) is 39.7 Å². The van der Waals surface area contributed by atoms with E-state index in [0.29, 0.717) is 11.4 Å². The molecule has 1 N–H and O–H groups in total. The Morgan fingerprint density at radius 1 is 1.35 bits per heavy atom. The standard InChI is InChI=1S/C12H9BrClFOS/c13-12-9(14)6-11(17-12)10(16)5-7-1-3-8(15)4-2-7/h1-4,6,10,16H,5H2. The van der Waals surface area contributed by atoms with Crippen LogP contribution in [0.5, 0.6) is 0 Å². The number of hydrogen-bond donors (Lipinski definition) is 1. The molecule has 0 spiro atoms. The fraction of sp³-hybridized carbons (Fsp3) is 0.167. The first-order valence-electron chi connectivity index (χ1n) is 4.93. The van der Waals surface area contributed by atoms with Crippen molar-refractivity contribution in [1.82, 2.24) is 0 Å². The molecular formula is C12H9BrClFOS. The van der Waals surface area contributed by atoms with Crippen LogP contribution in [-0.2, 0) is 6.42 Å². The van der Waals surface area contributed by atoms with Crippen molar-refractivity contribution in [3.05, 3.63) is 55.4 Å². The number of benzene rings is 1. The fourth-order valence-electron chi connectivity index (χ4n) is 1.47. The van der Waals surface area contributed by atoms with E-state index >= 15 is 0 Å². The molecule has 2 rings (SSSR count). The quantitative estimate of drug-likeness (QED) is 0.870. The highest BCUT2D eigenvalue weighted by atomic mass is 79.9. The van der Waals surface area contributed by atoms with Gasteiger partial charge < -0.3 is 5.11 Å². The van der Waals surface area contributed by atoms with Crippen LogP contribution >= 0.6 is 38.9 Å². The summed E-state index contributed by atoms with van der Waals surface area (Å²) in [5, 5.41) is 10.6. The van der Waals surface area contributed by atoms with Gasteiger partial charge in [0.25, 0.3) is 0 Å². The minimum Gasteiger partial charge on any atom is -0.387 e. The molecular weight excluding hydrogens is 327 g/mol. The highest BCUT2D eigenvalue weighted by molar-refractivity contribution is 9.11. The van der Waals surface area contributed by atoms with Crippen molar-refractivity contribution < 1.29 is 9.50 Å². The SMILES string of the molecule is OC(Cc1ccc(F)cc1)c1cc(Cl)c(Br)s1. The third-order valence-corrected chi connectivity index (χ3v) is 4.91. The lowest BCUT2D eigenvalue weighted by Crippen LogP contribution is -1.99. The van der Waals surface area contributed by atoms with E-state index in [1.165, 1.54) is 23.5 Å². The van der Waals surface area contributed by atoms with Crippen LogP contribution in [0.25, 0.3) is 0 Å². The maximum absolute atomic E-state index is 12.7. The van der Waals surface area contributed by atoms with Gasteiger partial charge in [0.15, 0.2) is 0 Å². The summed E-state index contributed by atoms with van der Waals surface area (Å²) < 4.78 is 13.5. The Kier molecular flexibility index (Phi) is 4.20. The van der Waals surface area contributed by atoms with Gasteiger partial charge in [0.1, 0.15) is 5.82 Å². The van der Waals surface area contributed by atoms with Crippen molar-refractivity contribution in [3.8, 4) is 0 Å². The van der Waals surface area contributed by atoms with E-state index in [1.807, 2.05) is 0 Å². The number of aliphatic hydroxyl groups is 1. The van der Waals surface area contributed by atoms with Gasteiger partial charge in [-0.15, -0.1) is 11.3 Å². The second-order valence-corrected chi connectivity index (χ2v) is 6.43. The zero-order valence-electron chi connectivity index (χ0n) is 8.66. The van der Waals surface area contributed by atoms with E-state index in [1.54, 1.807) is 18.2 Å². The molecule has 2 aromatic rings. The van der Waals surface area contributed by atoms with Crippen LogP contribution in [0.4, 0.5) is 4.39 Å². The van der Waals surface area contributed by atoms with Crippen molar-refractivity contribution in [2.75, 3.05) is 0 Å². The predicted molar refractivity (Wildman–Crippen MR) is 72.1 cm³/mol. The summed E-state index contributed by atoms with van der Waals surface area (Å²) in [6.45, 7) is 0. The number of rotatable bonds is 3. The highest BCUT2D eigenvalue weighted by Crippen LogP contribution is 2.36. The molecule has 1 nitrogen and oxygen atoms in total. The minimum absolute atomic E-state index is 0.273. The topological polar surface area (TPSA) is 20.2 Å². The van der Waals surface area contributed by atoms with E-state index < -0.39 is 6.10 Å². The van der Waals surface area contributed by atoms with Gasteiger partial charge in [0, 0.05) is 11.3 Å². The number of thiophene rings is 1. The van der Waals surface area contributed by atoms with E-state index in [-0.39, 0.29) is 5.82 Å². The minimum atomic E-state index is -0.616. The van der Waals surface area contributed by atoms with Crippen LogP contribution in [0.15, 0.2) is 34.1 Å². The predicted octanol–water partition coefficient (Wildman–Crippen LogP) is 4.58. The zero-order chi connectivity index (χ0) is 12.4. The maximum Gasteiger partial charge on any atom is 0.123 e. The Bertz CT molecular complexity index is 492. The number of aliphatic hydroxyl groups excluding tert-OH is 1. The van der Waals surface area contributed by atoms with Crippen molar-refractivity contribution in [2.24, 2.45) is 0 Å². The monoisotopic (exact) mass is 334 g/mol. The molecule has 0 aliphatic carbocycles. The Hall–Kier alpha value is -0.420. The fourth-order valence-corrected chi connectivity index (χ4v) is 3.20. The maximum atomic E-state index is 12.7. The third-order valence-electron chi connectivity index (χ3n) is 2.33. The summed E-state index contributed by atoms with van der Waals surface area (Å²) in [6, 6.07) is 7.86. The molecule has 90 valence electrons. The van der Waals surface area contributed by atoms with Gasteiger partial charge >= 0.3 is 0 Å². The Labute approximate surface area is 116 Å². The lowest BCUT2D eigenvalue weighted by molar-refractivity contribution is 0.182. The van der Waals surface area contributed by atoms with Crippen LogP contribution in [-0.4, -0.2) is 5.11 Å². The molecule has 17 heavy (non-hydrogen) atoms. The van der Waals surface area contributed by atoms with Gasteiger partial charge in [0.05, 0.1) is 14.9 Å². The third kappa shape index (κ3) is 3.28. The molecule has 1 atom stereocenters. The van der Waals surface area contributed by atoms with Gasteiger partial charge in [0.2, 0.25) is 0 Å². The van der Waals surface area contributed by atoms with Crippen molar-refractivity contribution in [1.29, 1.82) is 0 Å². The molecule has 0 radical (unpaired) electrons. The molecule has 0 amide bonds. The summed E-state index contributed by atoms with van der Waals surface area (Å²) in [5.74, 6) is -0.273. The average molecular weight is 336 g/mol. The van der Waals surface area contributed by atoms with Crippen molar-refractivity contribution >= 4 is 38.9 Å². The molecule has 0 aliphatic rings. The molecule has 1 aromatic carbocycles. The molecule has 1 heterocycles. The summed E-state index contributed by atoms with van der Waals surface area (Å²) in [4.78, 5) is 0.797. The smallest absolute Gasteiger partial charge is 0.123 e. The largest absolute Gasteiger partial charge is 0.387 e. The molecule has 0 fully saturated rings. The zero-order valence-corrected chi connectivity index (χ0v) is 11.8. The molecule has 0 saturated carbocycles. The van der Waals surface area contributed by atoms with E-state index in [4.69, 9.17) is 11.6 Å². The first kappa shape index (κ1) is 13.0. The molecule has 0 bridgehead atoms. The molecule has 0 saturated heterocycles. The highest BCUT2D eigenvalue weighted by Gasteiger charge is 2.13. The van der Waals surface area contributed by atoms with Gasteiger partial charge in [-0.3, -0.25) is 0 Å². The summed E-state index contributed by atoms with van der Waals surface area (Å²) in [6.07, 6.45) is -0.168. The van der Waals surface area contributed by atoms with Crippen molar-refractivity contribution in [2.45, 2.75) is 12.5 Å². The van der Waals surface area contributed by atoms with Crippen molar-refractivity contribution in [3.63, 3.8) is 0 Å². The van der Waals surface area contributed by atoms with Gasteiger partial charge in [-0.25, -0.2) is 4.39 Å². The van der Waals surface area contributed by atoms with Crippen LogP contribution < -0.4 is 0 Å². The first-order valence-corrected chi connectivity index (χ1v) is 6.92. The first-order chi connectivity index (χ1) is 8.06. The second-order valence-electron chi connectivity index (χ2n) is 3.62. The van der Waals surface area contributed by atoms with E-state index in [9.17, 15) is 9.50 Å². The van der Waals surface area contributed by atoms with E-state index in [0.717, 1.165) is 14.2 Å². The normalized spacial score (nSPS) is 12.7. The Morgan fingerprint density at radius 2 is 2.00 bits per heavy atom. The second kappa shape index (κ2) is 5.48. The summed E-state index contributed by atoms with van der Waals surface area (Å²) in [5.41, 5.74) is 0.888. The van der Waals surface area contributed by atoms with E-state index in [2.05, 4.69) is 15.9 Å². The average Bonchev–Trinajstić information content (AvgIpc) is 2.63. The van der Waals surface area contributed by atoms with Crippen LogP contribution in [0.2, 0.25) is 5.02 Å². The lowest BCUT2D eigenvalue weighted by Gasteiger charge is -2.08. The molecule has 1 unspecified atom stereocenters. The van der Waals surface area contributed by atoms with Crippen LogP contribution in [0.3, 0.4) is 0 Å². The number of halogens is 3. The summed E-state index contributed by atoms with van der Waals surface area (Å²) >= 11 is 10.6. The van der Waals surface area contributed by atoms with Gasteiger partial charge in [-0.2, -0.15) is 0 Å². The van der Waals surface area contributed by atoms with Gasteiger partial charge in [-0.1, -0.05) is 23.7 Å². The van der Waals surface area contributed by atoms with Crippen LogP contribution in [0.1, 0.15) is 16.5 Å². The molecule has 0 aliphatic heterocycles. The Morgan fingerprint density at radius 3 is 2.53 bits per heavy atom. The summed E-state index contributed by atoms with van der Waals surface area (Å²) in [7, 11) is 0.